The molecule has 3 atom stereocenters. The molecule has 1 N–H and O–H groups in total. The first-order chi connectivity index (χ1) is 8.06. The molecule has 1 aliphatic carbocycles. The Kier molecular flexibility index (Phi) is 5.94. The van der Waals surface area contributed by atoms with E-state index in [1.54, 1.807) is 0 Å². The van der Waals surface area contributed by atoms with Gasteiger partial charge in [-0.2, -0.15) is 0 Å². The highest BCUT2D eigenvalue weighted by Crippen LogP contribution is 2.42. The van der Waals surface area contributed by atoms with Gasteiger partial charge < -0.3 is 10.1 Å². The van der Waals surface area contributed by atoms with Crippen molar-refractivity contribution in [2.75, 3.05) is 13.7 Å². The summed E-state index contributed by atoms with van der Waals surface area (Å²) in [5.74, 6) is 0.854. The molecule has 0 amide bonds. The SMILES string of the molecule is CCCCC(CC)CNC1CC(OC)C1(C)C. The third kappa shape index (κ3) is 3.69. The largest absolute Gasteiger partial charge is 0.381 e. The van der Waals surface area contributed by atoms with E-state index in [0.717, 1.165) is 5.92 Å². The van der Waals surface area contributed by atoms with Gasteiger partial charge in [-0.15, -0.1) is 0 Å². The summed E-state index contributed by atoms with van der Waals surface area (Å²) >= 11 is 0. The lowest BCUT2D eigenvalue weighted by atomic mass is 9.64. The predicted molar refractivity (Wildman–Crippen MR) is 74.3 cm³/mol. The van der Waals surface area contributed by atoms with Gasteiger partial charge >= 0.3 is 0 Å². The fraction of sp³-hybridized carbons (Fsp3) is 1.00. The van der Waals surface area contributed by atoms with Crippen molar-refractivity contribution < 1.29 is 4.74 Å². The summed E-state index contributed by atoms with van der Waals surface area (Å²) in [6.07, 6.45) is 6.98. The Morgan fingerprint density at radius 3 is 2.53 bits per heavy atom. The second kappa shape index (κ2) is 6.75. The van der Waals surface area contributed by atoms with Crippen LogP contribution in [0.15, 0.2) is 0 Å². The molecule has 0 aromatic rings. The third-order valence-corrected chi connectivity index (χ3v) is 4.66. The Morgan fingerprint density at radius 2 is 2.06 bits per heavy atom. The zero-order chi connectivity index (χ0) is 12.9. The van der Waals surface area contributed by atoms with Crippen molar-refractivity contribution in [1.82, 2.24) is 5.32 Å². The van der Waals surface area contributed by atoms with Crippen molar-refractivity contribution >= 4 is 0 Å². The molecule has 0 aliphatic heterocycles. The summed E-state index contributed by atoms with van der Waals surface area (Å²) < 4.78 is 5.49. The summed E-state index contributed by atoms with van der Waals surface area (Å²) in [6.45, 7) is 10.4. The van der Waals surface area contributed by atoms with Crippen LogP contribution in [0.1, 0.15) is 59.8 Å². The van der Waals surface area contributed by atoms with Crippen molar-refractivity contribution in [2.24, 2.45) is 11.3 Å². The lowest BCUT2D eigenvalue weighted by Crippen LogP contribution is -2.61. The van der Waals surface area contributed by atoms with Crippen molar-refractivity contribution in [3.05, 3.63) is 0 Å². The highest BCUT2D eigenvalue weighted by atomic mass is 16.5. The van der Waals surface area contributed by atoms with Gasteiger partial charge in [0, 0.05) is 18.6 Å². The summed E-state index contributed by atoms with van der Waals surface area (Å²) in [6, 6.07) is 0.642. The third-order valence-electron chi connectivity index (χ3n) is 4.66. The zero-order valence-corrected chi connectivity index (χ0v) is 12.4. The molecule has 1 rings (SSSR count). The van der Waals surface area contributed by atoms with E-state index in [1.807, 2.05) is 7.11 Å². The van der Waals surface area contributed by atoms with Gasteiger partial charge in [0.2, 0.25) is 0 Å². The molecule has 102 valence electrons. The molecular weight excluding hydrogens is 210 g/mol. The van der Waals surface area contributed by atoms with E-state index in [4.69, 9.17) is 4.74 Å². The number of hydrogen-bond donors (Lipinski definition) is 1. The van der Waals surface area contributed by atoms with Crippen molar-refractivity contribution in [3.63, 3.8) is 0 Å². The first-order valence-corrected chi connectivity index (χ1v) is 7.32. The molecule has 0 radical (unpaired) electrons. The Bertz CT molecular complexity index is 215. The normalized spacial score (nSPS) is 28.8. The maximum Gasteiger partial charge on any atom is 0.0652 e. The summed E-state index contributed by atoms with van der Waals surface area (Å²) in [5.41, 5.74) is 0.303. The van der Waals surface area contributed by atoms with E-state index in [2.05, 4.69) is 33.0 Å². The number of ether oxygens (including phenoxy) is 1. The Labute approximate surface area is 108 Å². The minimum Gasteiger partial charge on any atom is -0.381 e. The van der Waals surface area contributed by atoms with Crippen molar-refractivity contribution in [1.29, 1.82) is 0 Å². The van der Waals surface area contributed by atoms with Crippen molar-refractivity contribution in [2.45, 2.75) is 71.9 Å². The quantitative estimate of drug-likeness (QED) is 0.701. The van der Waals surface area contributed by atoms with Gasteiger partial charge in [-0.05, 0) is 25.3 Å². The molecule has 2 heteroatoms. The van der Waals surface area contributed by atoms with Gasteiger partial charge in [-0.1, -0.05) is 47.0 Å². The number of hydrogen-bond acceptors (Lipinski definition) is 2. The highest BCUT2D eigenvalue weighted by molar-refractivity contribution is 5.02. The van der Waals surface area contributed by atoms with Crippen LogP contribution < -0.4 is 5.32 Å². The lowest BCUT2D eigenvalue weighted by Gasteiger charge is -2.51. The van der Waals surface area contributed by atoms with E-state index in [-0.39, 0.29) is 0 Å². The van der Waals surface area contributed by atoms with E-state index in [0.29, 0.717) is 17.6 Å². The smallest absolute Gasteiger partial charge is 0.0652 e. The second-order valence-electron chi connectivity index (χ2n) is 6.16. The summed E-state index contributed by atoms with van der Waals surface area (Å²) in [4.78, 5) is 0. The Morgan fingerprint density at radius 1 is 1.35 bits per heavy atom. The molecule has 1 aliphatic rings. The van der Waals surface area contributed by atoms with Gasteiger partial charge in [-0.25, -0.2) is 0 Å². The van der Waals surface area contributed by atoms with Crippen molar-refractivity contribution in [3.8, 4) is 0 Å². The van der Waals surface area contributed by atoms with Crippen LogP contribution in [0.3, 0.4) is 0 Å². The molecule has 0 saturated heterocycles. The first-order valence-electron chi connectivity index (χ1n) is 7.32. The molecular formula is C15H31NO. The average Bonchev–Trinajstić information content (AvgIpc) is 2.31. The van der Waals surface area contributed by atoms with E-state index in [1.165, 1.54) is 38.6 Å². The van der Waals surface area contributed by atoms with Crippen LogP contribution in [0.2, 0.25) is 0 Å². The van der Waals surface area contributed by atoms with Crippen LogP contribution in [-0.4, -0.2) is 25.8 Å². The van der Waals surface area contributed by atoms with Gasteiger partial charge in [-0.3, -0.25) is 0 Å². The number of rotatable bonds is 8. The first kappa shape index (κ1) is 15.0. The molecule has 17 heavy (non-hydrogen) atoms. The van der Waals surface area contributed by atoms with Gasteiger partial charge in [0.15, 0.2) is 0 Å². The Hall–Kier alpha value is -0.0800. The molecule has 1 fully saturated rings. The average molecular weight is 241 g/mol. The van der Waals surface area contributed by atoms with Crippen LogP contribution >= 0.6 is 0 Å². The highest BCUT2D eigenvalue weighted by Gasteiger charge is 2.48. The number of methoxy groups -OCH3 is 1. The van der Waals surface area contributed by atoms with Gasteiger partial charge in [0.05, 0.1) is 6.10 Å². The van der Waals surface area contributed by atoms with Crippen LogP contribution in [0.5, 0.6) is 0 Å². The molecule has 0 aromatic carbocycles. The van der Waals surface area contributed by atoms with Crippen LogP contribution in [0, 0.1) is 11.3 Å². The fourth-order valence-electron chi connectivity index (χ4n) is 2.88. The maximum absolute atomic E-state index is 5.49. The molecule has 3 unspecified atom stereocenters. The molecule has 0 heterocycles. The van der Waals surface area contributed by atoms with Gasteiger partial charge in [0.25, 0.3) is 0 Å². The summed E-state index contributed by atoms with van der Waals surface area (Å²) in [7, 11) is 1.83. The minimum atomic E-state index is 0.303. The Balaban J connectivity index is 2.26. The van der Waals surface area contributed by atoms with Crippen LogP contribution in [0.25, 0.3) is 0 Å². The standard InChI is InChI=1S/C15H31NO/c1-6-8-9-12(7-2)11-16-13-10-14(17-5)15(13,3)4/h12-14,16H,6-11H2,1-5H3. The molecule has 0 bridgehead atoms. The molecule has 1 saturated carbocycles. The fourth-order valence-corrected chi connectivity index (χ4v) is 2.88. The molecule has 0 aromatic heterocycles. The summed E-state index contributed by atoms with van der Waals surface area (Å²) in [5, 5.41) is 3.75. The van der Waals surface area contributed by atoms with E-state index < -0.39 is 0 Å². The van der Waals surface area contributed by atoms with Crippen LogP contribution in [0.4, 0.5) is 0 Å². The van der Waals surface area contributed by atoms with Gasteiger partial charge in [0.1, 0.15) is 0 Å². The maximum atomic E-state index is 5.49. The predicted octanol–water partition coefficient (Wildman–Crippen LogP) is 3.61. The van der Waals surface area contributed by atoms with Crippen LogP contribution in [-0.2, 0) is 4.74 Å². The second-order valence-corrected chi connectivity index (χ2v) is 6.16. The monoisotopic (exact) mass is 241 g/mol. The molecule has 2 nitrogen and oxygen atoms in total. The minimum absolute atomic E-state index is 0.303. The zero-order valence-electron chi connectivity index (χ0n) is 12.4. The number of nitrogens with one attached hydrogen (secondary N) is 1. The van der Waals surface area contributed by atoms with E-state index >= 15 is 0 Å². The number of unbranched alkanes of at least 4 members (excludes halogenated alkanes) is 1. The topological polar surface area (TPSA) is 21.3 Å². The lowest BCUT2D eigenvalue weighted by molar-refractivity contribution is -0.0981. The van der Waals surface area contributed by atoms with E-state index in [9.17, 15) is 0 Å². The molecule has 0 spiro atoms.